The van der Waals surface area contributed by atoms with Crippen LogP contribution in [0.1, 0.15) is 31.0 Å². The number of hydrogen-bond acceptors (Lipinski definition) is 2. The van der Waals surface area contributed by atoms with Crippen LogP contribution in [0, 0.1) is 0 Å². The number of aryl methyl sites for hydroxylation is 1. The second kappa shape index (κ2) is 4.65. The maximum absolute atomic E-state index is 5.72. The molecule has 13 heavy (non-hydrogen) atoms. The van der Waals surface area contributed by atoms with Gasteiger partial charge in [0.25, 0.3) is 0 Å². The number of pyridine rings is 1. The Hall–Kier alpha value is -1.31. The molecule has 0 saturated heterocycles. The number of nitrogens with two attached hydrogens (primary N) is 1. The molecule has 0 aromatic carbocycles. The Morgan fingerprint density at radius 3 is 2.85 bits per heavy atom. The zero-order valence-electron chi connectivity index (χ0n) is 8.09. The Bertz CT molecular complexity index is 292. The van der Waals surface area contributed by atoms with Crippen molar-refractivity contribution in [2.24, 2.45) is 0 Å². The highest BCUT2D eigenvalue weighted by molar-refractivity contribution is 5.59. The van der Waals surface area contributed by atoms with Gasteiger partial charge in [0.1, 0.15) is 5.82 Å². The molecule has 70 valence electrons. The van der Waals surface area contributed by atoms with Gasteiger partial charge in [0, 0.05) is 11.3 Å². The third kappa shape index (κ3) is 2.58. The van der Waals surface area contributed by atoms with Gasteiger partial charge in [-0.2, -0.15) is 0 Å². The van der Waals surface area contributed by atoms with Crippen LogP contribution in [0.25, 0.3) is 6.08 Å². The summed E-state index contributed by atoms with van der Waals surface area (Å²) < 4.78 is 0. The van der Waals surface area contributed by atoms with Crippen LogP contribution in [0.4, 0.5) is 5.82 Å². The van der Waals surface area contributed by atoms with E-state index in [9.17, 15) is 0 Å². The summed E-state index contributed by atoms with van der Waals surface area (Å²) in [5.74, 6) is 0.587. The second-order valence-electron chi connectivity index (χ2n) is 3.08. The Morgan fingerprint density at radius 2 is 2.31 bits per heavy atom. The minimum absolute atomic E-state index is 0.587. The van der Waals surface area contributed by atoms with E-state index < -0.39 is 0 Å². The van der Waals surface area contributed by atoms with Crippen molar-refractivity contribution >= 4 is 11.9 Å². The third-order valence-electron chi connectivity index (χ3n) is 2.02. The predicted octanol–water partition coefficient (Wildman–Crippen LogP) is 2.65. The SMILES string of the molecule is C=Cc1ccc(CCCC)nc1N. The van der Waals surface area contributed by atoms with Gasteiger partial charge in [-0.05, 0) is 25.0 Å². The molecular formula is C11H16N2. The summed E-state index contributed by atoms with van der Waals surface area (Å²) in [5, 5.41) is 0. The number of hydrogen-bond donors (Lipinski definition) is 1. The van der Waals surface area contributed by atoms with Gasteiger partial charge in [-0.1, -0.05) is 26.0 Å². The highest BCUT2D eigenvalue weighted by Crippen LogP contribution is 2.12. The molecule has 0 aliphatic carbocycles. The normalized spacial score (nSPS) is 9.92. The molecule has 0 aliphatic heterocycles. The lowest BCUT2D eigenvalue weighted by Gasteiger charge is -2.03. The van der Waals surface area contributed by atoms with Crippen LogP contribution in [0.2, 0.25) is 0 Å². The van der Waals surface area contributed by atoms with Crippen molar-refractivity contribution in [1.29, 1.82) is 0 Å². The van der Waals surface area contributed by atoms with Crippen molar-refractivity contribution in [2.45, 2.75) is 26.2 Å². The lowest BCUT2D eigenvalue weighted by atomic mass is 10.1. The quantitative estimate of drug-likeness (QED) is 0.766. The molecule has 2 heteroatoms. The van der Waals surface area contributed by atoms with Gasteiger partial charge < -0.3 is 5.73 Å². The first kappa shape index (κ1) is 9.78. The minimum Gasteiger partial charge on any atom is -0.383 e. The first-order chi connectivity index (χ1) is 6.27. The molecule has 1 rings (SSSR count). The molecular weight excluding hydrogens is 160 g/mol. The van der Waals surface area contributed by atoms with Gasteiger partial charge in [0.05, 0.1) is 0 Å². The van der Waals surface area contributed by atoms with Crippen molar-refractivity contribution in [3.05, 3.63) is 30.0 Å². The smallest absolute Gasteiger partial charge is 0.130 e. The third-order valence-corrected chi connectivity index (χ3v) is 2.02. The fourth-order valence-corrected chi connectivity index (χ4v) is 1.20. The Balaban J connectivity index is 2.77. The predicted molar refractivity (Wildman–Crippen MR) is 57.4 cm³/mol. The van der Waals surface area contributed by atoms with Gasteiger partial charge in [0.15, 0.2) is 0 Å². The monoisotopic (exact) mass is 176 g/mol. The molecule has 0 unspecified atom stereocenters. The highest BCUT2D eigenvalue weighted by atomic mass is 14.8. The van der Waals surface area contributed by atoms with Crippen LogP contribution in [0.5, 0.6) is 0 Å². The van der Waals surface area contributed by atoms with E-state index >= 15 is 0 Å². The van der Waals surface area contributed by atoms with Gasteiger partial charge in [-0.15, -0.1) is 0 Å². The number of unbranched alkanes of at least 4 members (excludes halogenated alkanes) is 1. The fraction of sp³-hybridized carbons (Fsp3) is 0.364. The van der Waals surface area contributed by atoms with E-state index in [1.54, 1.807) is 6.08 Å². The molecule has 0 amide bonds. The number of aromatic nitrogens is 1. The Kier molecular flexibility index (Phi) is 3.50. The average Bonchev–Trinajstić information content (AvgIpc) is 2.15. The average molecular weight is 176 g/mol. The molecule has 1 aromatic heterocycles. The Morgan fingerprint density at radius 1 is 1.54 bits per heavy atom. The first-order valence-electron chi connectivity index (χ1n) is 4.65. The van der Waals surface area contributed by atoms with Crippen LogP contribution in [-0.2, 0) is 6.42 Å². The van der Waals surface area contributed by atoms with Crippen LogP contribution in [0.15, 0.2) is 18.7 Å². The molecule has 0 saturated carbocycles. The summed E-state index contributed by atoms with van der Waals surface area (Å²) in [6.45, 7) is 5.83. The first-order valence-corrected chi connectivity index (χ1v) is 4.65. The molecule has 1 aromatic rings. The number of nitrogens with zero attached hydrogens (tertiary/aromatic N) is 1. The van der Waals surface area contributed by atoms with Crippen molar-refractivity contribution in [3.63, 3.8) is 0 Å². The molecule has 2 nitrogen and oxygen atoms in total. The summed E-state index contributed by atoms with van der Waals surface area (Å²) in [7, 11) is 0. The van der Waals surface area contributed by atoms with Gasteiger partial charge in [-0.25, -0.2) is 4.98 Å². The van der Waals surface area contributed by atoms with E-state index in [1.807, 2.05) is 12.1 Å². The van der Waals surface area contributed by atoms with Crippen molar-refractivity contribution in [2.75, 3.05) is 5.73 Å². The van der Waals surface area contributed by atoms with E-state index in [1.165, 1.54) is 12.8 Å². The van der Waals surface area contributed by atoms with Gasteiger partial charge >= 0.3 is 0 Å². The molecule has 0 fully saturated rings. The number of rotatable bonds is 4. The van der Waals surface area contributed by atoms with E-state index in [-0.39, 0.29) is 0 Å². The zero-order chi connectivity index (χ0) is 9.68. The largest absolute Gasteiger partial charge is 0.383 e. The topological polar surface area (TPSA) is 38.9 Å². The second-order valence-corrected chi connectivity index (χ2v) is 3.08. The summed E-state index contributed by atoms with van der Waals surface area (Å²) >= 11 is 0. The van der Waals surface area contributed by atoms with Gasteiger partial charge in [0.2, 0.25) is 0 Å². The maximum atomic E-state index is 5.72. The molecule has 0 aliphatic rings. The molecule has 0 atom stereocenters. The molecule has 0 bridgehead atoms. The van der Waals surface area contributed by atoms with Crippen molar-refractivity contribution in [1.82, 2.24) is 4.98 Å². The van der Waals surface area contributed by atoms with Crippen molar-refractivity contribution in [3.8, 4) is 0 Å². The summed E-state index contributed by atoms with van der Waals surface area (Å²) in [6, 6.07) is 3.99. The number of anilines is 1. The Labute approximate surface area is 79.5 Å². The van der Waals surface area contributed by atoms with E-state index in [4.69, 9.17) is 5.73 Å². The molecule has 0 radical (unpaired) electrons. The molecule has 2 N–H and O–H groups in total. The van der Waals surface area contributed by atoms with Crippen LogP contribution < -0.4 is 5.73 Å². The van der Waals surface area contributed by atoms with E-state index in [2.05, 4.69) is 18.5 Å². The summed E-state index contributed by atoms with van der Waals surface area (Å²) in [6.07, 6.45) is 5.09. The molecule has 1 heterocycles. The maximum Gasteiger partial charge on any atom is 0.130 e. The van der Waals surface area contributed by atoms with Crippen LogP contribution >= 0.6 is 0 Å². The van der Waals surface area contributed by atoms with E-state index in [0.29, 0.717) is 5.82 Å². The fourth-order valence-electron chi connectivity index (χ4n) is 1.20. The van der Waals surface area contributed by atoms with Crippen molar-refractivity contribution < 1.29 is 0 Å². The van der Waals surface area contributed by atoms with Gasteiger partial charge in [-0.3, -0.25) is 0 Å². The zero-order valence-corrected chi connectivity index (χ0v) is 8.09. The van der Waals surface area contributed by atoms with Crippen LogP contribution in [-0.4, -0.2) is 4.98 Å². The minimum atomic E-state index is 0.587. The summed E-state index contributed by atoms with van der Waals surface area (Å²) in [5.41, 5.74) is 7.71. The lowest BCUT2D eigenvalue weighted by molar-refractivity contribution is 0.778. The highest BCUT2D eigenvalue weighted by Gasteiger charge is 1.98. The van der Waals surface area contributed by atoms with E-state index in [0.717, 1.165) is 17.7 Å². The summed E-state index contributed by atoms with van der Waals surface area (Å²) in [4.78, 5) is 4.29. The molecule has 0 spiro atoms. The van der Waals surface area contributed by atoms with Crippen LogP contribution in [0.3, 0.4) is 0 Å². The standard InChI is InChI=1S/C11H16N2/c1-3-5-6-10-8-7-9(4-2)11(12)13-10/h4,7-8H,2-3,5-6H2,1H3,(H2,12,13). The number of nitrogen functional groups attached to an aromatic ring is 1. The lowest BCUT2D eigenvalue weighted by Crippen LogP contribution is -1.98.